The Kier molecular flexibility index (Phi) is 5.44. The van der Waals surface area contributed by atoms with Crippen molar-refractivity contribution in [3.63, 3.8) is 0 Å². The maximum Gasteiger partial charge on any atom is 0.119 e. The average Bonchev–Trinajstić information content (AvgIpc) is 3.28. The predicted octanol–water partition coefficient (Wildman–Crippen LogP) is 2.90. The van der Waals surface area contributed by atoms with E-state index in [1.54, 1.807) is 7.11 Å². The summed E-state index contributed by atoms with van der Waals surface area (Å²) < 4.78 is 5.29. The topological polar surface area (TPSA) is 24.5 Å². The largest absolute Gasteiger partial charge is 0.497 e. The van der Waals surface area contributed by atoms with Gasteiger partial charge >= 0.3 is 0 Å². The second kappa shape index (κ2) is 7.09. The minimum absolute atomic E-state index is 0.562. The van der Waals surface area contributed by atoms with Crippen LogP contribution in [0.2, 0.25) is 0 Å². The number of nitrogens with zero attached hydrogens (tertiary/aromatic N) is 1. The first kappa shape index (κ1) is 15.3. The lowest BCUT2D eigenvalue weighted by Crippen LogP contribution is -2.39. The van der Waals surface area contributed by atoms with Crippen LogP contribution in [-0.2, 0) is 6.54 Å². The Morgan fingerprint density at radius 1 is 1.35 bits per heavy atom. The van der Waals surface area contributed by atoms with Crippen LogP contribution in [0.1, 0.15) is 32.3 Å². The van der Waals surface area contributed by atoms with E-state index in [2.05, 4.69) is 49.3 Å². The summed E-state index contributed by atoms with van der Waals surface area (Å²) >= 11 is 0. The van der Waals surface area contributed by atoms with E-state index in [1.165, 1.54) is 18.4 Å². The van der Waals surface area contributed by atoms with Crippen LogP contribution < -0.4 is 10.1 Å². The first-order valence-corrected chi connectivity index (χ1v) is 7.66. The smallest absolute Gasteiger partial charge is 0.119 e. The van der Waals surface area contributed by atoms with Gasteiger partial charge in [0.1, 0.15) is 5.75 Å². The highest BCUT2D eigenvalue weighted by Gasteiger charge is 2.23. The van der Waals surface area contributed by atoms with Gasteiger partial charge in [-0.2, -0.15) is 0 Å². The molecule has 1 N–H and O–H groups in total. The van der Waals surface area contributed by atoms with Crippen LogP contribution in [0.25, 0.3) is 0 Å². The van der Waals surface area contributed by atoms with Crippen LogP contribution in [-0.4, -0.2) is 37.7 Å². The zero-order valence-corrected chi connectivity index (χ0v) is 13.2. The van der Waals surface area contributed by atoms with Gasteiger partial charge in [0.25, 0.3) is 0 Å². The molecule has 1 aliphatic carbocycles. The van der Waals surface area contributed by atoms with Crippen molar-refractivity contribution in [1.82, 2.24) is 10.2 Å². The highest BCUT2D eigenvalue weighted by molar-refractivity contribution is 5.28. The summed E-state index contributed by atoms with van der Waals surface area (Å²) in [6.45, 7) is 6.74. The maximum atomic E-state index is 5.29. The summed E-state index contributed by atoms with van der Waals surface area (Å²) in [5.41, 5.74) is 1.31. The number of hydrogen-bond donors (Lipinski definition) is 1. The van der Waals surface area contributed by atoms with E-state index in [0.717, 1.165) is 24.9 Å². The van der Waals surface area contributed by atoms with Gasteiger partial charge in [-0.1, -0.05) is 19.1 Å². The van der Waals surface area contributed by atoms with Crippen LogP contribution in [0.15, 0.2) is 24.3 Å². The van der Waals surface area contributed by atoms with Gasteiger partial charge in [-0.15, -0.1) is 0 Å². The summed E-state index contributed by atoms with van der Waals surface area (Å²) in [6.07, 6.45) is 2.72. The second-order valence-corrected chi connectivity index (χ2v) is 6.17. The van der Waals surface area contributed by atoms with Gasteiger partial charge in [0.05, 0.1) is 7.11 Å². The standard InChI is InChI=1S/C17H28N2O/c1-13(11-18-16-8-9-16)14(2)19(3)12-15-6-5-7-17(10-15)20-4/h5-7,10,13-14,16,18H,8-9,11-12H2,1-4H3. The molecule has 2 rings (SSSR count). The molecule has 0 amide bonds. The third-order valence-electron chi connectivity index (χ3n) is 4.39. The Hall–Kier alpha value is -1.06. The Balaban J connectivity index is 1.83. The zero-order valence-electron chi connectivity index (χ0n) is 13.2. The fourth-order valence-corrected chi connectivity index (χ4v) is 2.45. The van der Waals surface area contributed by atoms with Gasteiger partial charge < -0.3 is 10.1 Å². The lowest BCUT2D eigenvalue weighted by atomic mass is 10.0. The lowest BCUT2D eigenvalue weighted by molar-refractivity contribution is 0.188. The monoisotopic (exact) mass is 276 g/mol. The van der Waals surface area contributed by atoms with E-state index in [0.29, 0.717) is 12.0 Å². The first-order valence-electron chi connectivity index (χ1n) is 7.66. The van der Waals surface area contributed by atoms with Gasteiger partial charge in [0, 0.05) is 18.6 Å². The molecule has 0 bridgehead atoms. The van der Waals surface area contributed by atoms with Crippen molar-refractivity contribution in [3.05, 3.63) is 29.8 Å². The molecule has 0 aromatic heterocycles. The summed E-state index contributed by atoms with van der Waals surface area (Å²) in [4.78, 5) is 2.42. The van der Waals surface area contributed by atoms with E-state index < -0.39 is 0 Å². The van der Waals surface area contributed by atoms with Crippen LogP contribution in [0.3, 0.4) is 0 Å². The van der Waals surface area contributed by atoms with Gasteiger partial charge in [-0.25, -0.2) is 0 Å². The summed E-state index contributed by atoms with van der Waals surface area (Å²) in [7, 11) is 3.93. The van der Waals surface area contributed by atoms with Crippen LogP contribution in [0, 0.1) is 5.92 Å². The Morgan fingerprint density at radius 2 is 2.10 bits per heavy atom. The Bertz CT molecular complexity index is 417. The van der Waals surface area contributed by atoms with E-state index >= 15 is 0 Å². The minimum Gasteiger partial charge on any atom is -0.497 e. The number of hydrogen-bond acceptors (Lipinski definition) is 3. The van der Waals surface area contributed by atoms with E-state index in [4.69, 9.17) is 4.74 Å². The number of nitrogens with one attached hydrogen (secondary N) is 1. The Morgan fingerprint density at radius 3 is 2.75 bits per heavy atom. The molecule has 1 aromatic carbocycles. The molecular weight excluding hydrogens is 248 g/mol. The van der Waals surface area contributed by atoms with Crippen molar-refractivity contribution >= 4 is 0 Å². The summed E-state index contributed by atoms with van der Waals surface area (Å²) in [6, 6.07) is 9.70. The summed E-state index contributed by atoms with van der Waals surface area (Å²) in [5, 5.41) is 3.63. The van der Waals surface area contributed by atoms with E-state index in [1.807, 2.05) is 6.07 Å². The van der Waals surface area contributed by atoms with Crippen molar-refractivity contribution in [2.24, 2.45) is 5.92 Å². The quantitative estimate of drug-likeness (QED) is 0.790. The molecule has 0 radical (unpaired) electrons. The van der Waals surface area contributed by atoms with Crippen LogP contribution >= 0.6 is 0 Å². The highest BCUT2D eigenvalue weighted by Crippen LogP contribution is 2.20. The fourth-order valence-electron chi connectivity index (χ4n) is 2.45. The number of methoxy groups -OCH3 is 1. The van der Waals surface area contributed by atoms with Gasteiger partial charge in [-0.05, 0) is 57.0 Å². The third-order valence-corrected chi connectivity index (χ3v) is 4.39. The Labute approximate surface area is 123 Å². The van der Waals surface area contributed by atoms with Crippen molar-refractivity contribution < 1.29 is 4.74 Å². The van der Waals surface area contributed by atoms with Gasteiger partial charge in [0.15, 0.2) is 0 Å². The SMILES string of the molecule is COc1cccc(CN(C)C(C)C(C)CNC2CC2)c1. The molecule has 3 nitrogen and oxygen atoms in total. The third kappa shape index (κ3) is 4.50. The molecule has 1 fully saturated rings. The molecule has 0 spiro atoms. The molecule has 1 saturated carbocycles. The zero-order chi connectivity index (χ0) is 14.5. The number of ether oxygens (including phenoxy) is 1. The number of benzene rings is 1. The molecule has 1 aromatic rings. The van der Waals surface area contributed by atoms with Crippen LogP contribution in [0.5, 0.6) is 5.75 Å². The first-order chi connectivity index (χ1) is 9.60. The van der Waals surface area contributed by atoms with Crippen molar-refractivity contribution in [2.75, 3.05) is 20.7 Å². The highest BCUT2D eigenvalue weighted by atomic mass is 16.5. The predicted molar refractivity (Wildman–Crippen MR) is 84.1 cm³/mol. The second-order valence-electron chi connectivity index (χ2n) is 6.17. The van der Waals surface area contributed by atoms with Crippen molar-refractivity contribution in [2.45, 2.75) is 45.3 Å². The van der Waals surface area contributed by atoms with Crippen molar-refractivity contribution in [1.29, 1.82) is 0 Å². The van der Waals surface area contributed by atoms with E-state index in [-0.39, 0.29) is 0 Å². The molecule has 0 aliphatic heterocycles. The molecule has 20 heavy (non-hydrogen) atoms. The van der Waals surface area contributed by atoms with Gasteiger partial charge in [0.2, 0.25) is 0 Å². The molecule has 0 heterocycles. The van der Waals surface area contributed by atoms with Crippen LogP contribution in [0.4, 0.5) is 0 Å². The molecule has 2 atom stereocenters. The van der Waals surface area contributed by atoms with E-state index in [9.17, 15) is 0 Å². The molecule has 112 valence electrons. The fraction of sp³-hybridized carbons (Fsp3) is 0.647. The minimum atomic E-state index is 0.562. The number of rotatable bonds is 8. The molecule has 0 saturated heterocycles. The molecule has 1 aliphatic rings. The molecule has 2 unspecified atom stereocenters. The molecule has 3 heteroatoms. The lowest BCUT2D eigenvalue weighted by Gasteiger charge is -2.30. The summed E-state index contributed by atoms with van der Waals surface area (Å²) in [5.74, 6) is 1.60. The molecular formula is C17H28N2O. The average molecular weight is 276 g/mol. The van der Waals surface area contributed by atoms with Gasteiger partial charge in [-0.3, -0.25) is 4.90 Å². The maximum absolute atomic E-state index is 5.29. The van der Waals surface area contributed by atoms with Crippen molar-refractivity contribution in [3.8, 4) is 5.75 Å². The normalized spacial score (nSPS) is 18.1.